The number of aliphatic imine (C=N–C) groups is 1. The van der Waals surface area contributed by atoms with Crippen molar-refractivity contribution in [3.63, 3.8) is 0 Å². The molecule has 0 N–H and O–H groups in total. The minimum Gasteiger partial charge on any atom is -0.289 e. The van der Waals surface area contributed by atoms with Gasteiger partial charge in [-0.3, -0.25) is 9.79 Å². The summed E-state index contributed by atoms with van der Waals surface area (Å²) in [6, 6.07) is 21.8. The molecule has 0 aromatic heterocycles. The van der Waals surface area contributed by atoms with Crippen molar-refractivity contribution in [1.82, 2.24) is 0 Å². The molecule has 0 fully saturated rings. The Labute approximate surface area is 144 Å². The molecular formula is C21H15NOS. The maximum Gasteiger partial charge on any atom is 0.187 e. The zero-order valence-electron chi connectivity index (χ0n) is 13.2. The lowest BCUT2D eigenvalue weighted by molar-refractivity contribution is 0.104. The number of benzene rings is 3. The zero-order chi connectivity index (χ0) is 16.5. The summed E-state index contributed by atoms with van der Waals surface area (Å²) in [4.78, 5) is 19.4. The van der Waals surface area contributed by atoms with Crippen molar-refractivity contribution in [3.8, 4) is 0 Å². The highest BCUT2D eigenvalue weighted by molar-refractivity contribution is 8.04. The molecule has 0 atom stereocenters. The van der Waals surface area contributed by atoms with Crippen LogP contribution in [0.4, 0.5) is 5.69 Å². The third kappa shape index (κ3) is 2.68. The minimum absolute atomic E-state index is 0.0169. The van der Waals surface area contributed by atoms with Crippen LogP contribution in [0, 0.1) is 0 Å². The molecule has 4 rings (SSSR count). The average molecular weight is 329 g/mol. The molecule has 3 aromatic rings. The van der Waals surface area contributed by atoms with Crippen LogP contribution in [0.5, 0.6) is 0 Å². The molecule has 0 spiro atoms. The molecule has 3 aromatic carbocycles. The first-order valence-corrected chi connectivity index (χ1v) is 8.60. The van der Waals surface area contributed by atoms with Crippen LogP contribution in [-0.2, 0) is 0 Å². The van der Waals surface area contributed by atoms with Gasteiger partial charge in [0.1, 0.15) is 0 Å². The molecule has 1 heterocycles. The third-order valence-electron chi connectivity index (χ3n) is 4.05. The van der Waals surface area contributed by atoms with Gasteiger partial charge in [-0.1, -0.05) is 66.4 Å². The van der Waals surface area contributed by atoms with E-state index in [0.29, 0.717) is 0 Å². The highest BCUT2D eigenvalue weighted by Crippen LogP contribution is 2.40. The van der Waals surface area contributed by atoms with Crippen molar-refractivity contribution in [2.24, 2.45) is 4.99 Å². The van der Waals surface area contributed by atoms with E-state index < -0.39 is 0 Å². The van der Waals surface area contributed by atoms with Crippen LogP contribution in [0.1, 0.15) is 17.3 Å². The molecule has 0 radical (unpaired) electrons. The largest absolute Gasteiger partial charge is 0.289 e. The second-order valence-corrected chi connectivity index (χ2v) is 6.75. The molecule has 0 saturated heterocycles. The lowest BCUT2D eigenvalue weighted by Gasteiger charge is -2.15. The molecule has 0 aliphatic carbocycles. The summed E-state index contributed by atoms with van der Waals surface area (Å²) in [5.41, 5.74) is 2.58. The molecule has 2 nitrogen and oxygen atoms in total. The Kier molecular flexibility index (Phi) is 3.79. The van der Waals surface area contributed by atoms with Gasteiger partial charge >= 0.3 is 0 Å². The number of fused-ring (bicyclic) bond motifs is 2. The van der Waals surface area contributed by atoms with Crippen LogP contribution < -0.4 is 0 Å². The predicted octanol–water partition coefficient (Wildman–Crippen LogP) is 5.80. The molecule has 0 saturated carbocycles. The van der Waals surface area contributed by atoms with Crippen LogP contribution in [-0.4, -0.2) is 11.5 Å². The molecule has 116 valence electrons. The number of para-hydroxylation sites is 1. The van der Waals surface area contributed by atoms with Crippen molar-refractivity contribution in [1.29, 1.82) is 0 Å². The maximum atomic E-state index is 12.8. The summed E-state index contributed by atoms with van der Waals surface area (Å²) >= 11 is 1.60. The average Bonchev–Trinajstić information content (AvgIpc) is 2.62. The lowest BCUT2D eigenvalue weighted by atomic mass is 10.0. The summed E-state index contributed by atoms with van der Waals surface area (Å²) < 4.78 is 0. The molecular weight excluding hydrogens is 314 g/mol. The van der Waals surface area contributed by atoms with Gasteiger partial charge in [0, 0.05) is 21.4 Å². The summed E-state index contributed by atoms with van der Waals surface area (Å²) in [7, 11) is 0. The Balaban J connectivity index is 1.75. The summed E-state index contributed by atoms with van der Waals surface area (Å²) in [6.45, 7) is 1.95. The standard InChI is InChI=1S/C21H15NOS/c1-14-21(24-20-12-5-4-11-18(20)22-14)13-19(23)17-10-6-8-15-7-2-3-9-16(15)17/h2-13H,1H3. The first-order valence-electron chi connectivity index (χ1n) is 7.79. The molecule has 1 aliphatic rings. The van der Waals surface area contributed by atoms with E-state index in [-0.39, 0.29) is 5.78 Å². The Morgan fingerprint density at radius 3 is 2.62 bits per heavy atom. The highest BCUT2D eigenvalue weighted by atomic mass is 32.2. The number of ketones is 1. The second kappa shape index (κ2) is 6.10. The minimum atomic E-state index is 0.0169. The van der Waals surface area contributed by atoms with E-state index in [1.54, 1.807) is 17.8 Å². The van der Waals surface area contributed by atoms with Gasteiger partial charge in [-0.05, 0) is 29.8 Å². The van der Waals surface area contributed by atoms with E-state index >= 15 is 0 Å². The number of thioether (sulfide) groups is 1. The summed E-state index contributed by atoms with van der Waals surface area (Å²) in [5, 5.41) is 2.06. The van der Waals surface area contributed by atoms with E-state index in [2.05, 4.69) is 4.99 Å². The van der Waals surface area contributed by atoms with Crippen LogP contribution in [0.3, 0.4) is 0 Å². The van der Waals surface area contributed by atoms with Gasteiger partial charge in [0.2, 0.25) is 0 Å². The number of hydrogen-bond donors (Lipinski definition) is 0. The van der Waals surface area contributed by atoms with Gasteiger partial charge in [0.05, 0.1) is 11.4 Å². The molecule has 0 unspecified atom stereocenters. The fourth-order valence-corrected chi connectivity index (χ4v) is 3.80. The summed E-state index contributed by atoms with van der Waals surface area (Å²) in [5.74, 6) is 0.0169. The number of rotatable bonds is 2. The van der Waals surface area contributed by atoms with E-state index in [4.69, 9.17) is 0 Å². The number of hydrogen-bond acceptors (Lipinski definition) is 3. The number of nitrogens with zero attached hydrogens (tertiary/aromatic N) is 1. The number of carbonyl (C=O) groups excluding carboxylic acids is 1. The zero-order valence-corrected chi connectivity index (χ0v) is 14.0. The predicted molar refractivity (Wildman–Crippen MR) is 101 cm³/mol. The van der Waals surface area contributed by atoms with Gasteiger partial charge in [-0.25, -0.2) is 0 Å². The van der Waals surface area contributed by atoms with Crippen LogP contribution in [0.15, 0.2) is 87.6 Å². The van der Waals surface area contributed by atoms with Crippen molar-refractivity contribution < 1.29 is 4.79 Å². The van der Waals surface area contributed by atoms with Crippen molar-refractivity contribution in [2.45, 2.75) is 11.8 Å². The molecule has 0 bridgehead atoms. The summed E-state index contributed by atoms with van der Waals surface area (Å²) in [6.07, 6.45) is 1.71. The fraction of sp³-hybridized carbons (Fsp3) is 0.0476. The maximum absolute atomic E-state index is 12.8. The van der Waals surface area contributed by atoms with Gasteiger partial charge < -0.3 is 0 Å². The van der Waals surface area contributed by atoms with E-state index in [1.807, 2.05) is 73.7 Å². The quantitative estimate of drug-likeness (QED) is 0.439. The smallest absolute Gasteiger partial charge is 0.187 e. The van der Waals surface area contributed by atoms with Gasteiger partial charge in [0.25, 0.3) is 0 Å². The monoisotopic (exact) mass is 329 g/mol. The molecule has 1 aliphatic heterocycles. The van der Waals surface area contributed by atoms with Crippen LogP contribution >= 0.6 is 11.8 Å². The Morgan fingerprint density at radius 2 is 1.71 bits per heavy atom. The van der Waals surface area contributed by atoms with Crippen molar-refractivity contribution in [2.75, 3.05) is 0 Å². The fourth-order valence-electron chi connectivity index (χ4n) is 2.83. The first kappa shape index (κ1) is 14.9. The topological polar surface area (TPSA) is 29.4 Å². The van der Waals surface area contributed by atoms with E-state index in [9.17, 15) is 4.79 Å². The van der Waals surface area contributed by atoms with E-state index in [0.717, 1.165) is 37.5 Å². The second-order valence-electron chi connectivity index (χ2n) is 5.67. The number of allylic oxidation sites excluding steroid dienone is 2. The van der Waals surface area contributed by atoms with Crippen molar-refractivity contribution in [3.05, 3.63) is 83.3 Å². The lowest BCUT2D eigenvalue weighted by Crippen LogP contribution is -2.03. The Hall–Kier alpha value is -2.65. The normalized spacial score (nSPS) is 15.2. The Bertz CT molecular complexity index is 1010. The molecule has 24 heavy (non-hydrogen) atoms. The molecule has 0 amide bonds. The van der Waals surface area contributed by atoms with Crippen LogP contribution in [0.25, 0.3) is 10.8 Å². The van der Waals surface area contributed by atoms with E-state index in [1.165, 1.54) is 0 Å². The van der Waals surface area contributed by atoms with Crippen molar-refractivity contribution >= 4 is 39.7 Å². The SMILES string of the molecule is CC1=Nc2ccccc2SC1=CC(=O)c1cccc2ccccc12. The highest BCUT2D eigenvalue weighted by Gasteiger charge is 2.17. The Morgan fingerprint density at radius 1 is 0.958 bits per heavy atom. The number of carbonyl (C=O) groups is 1. The van der Waals surface area contributed by atoms with Gasteiger partial charge in [0.15, 0.2) is 5.78 Å². The van der Waals surface area contributed by atoms with Crippen LogP contribution in [0.2, 0.25) is 0 Å². The molecule has 3 heteroatoms. The third-order valence-corrected chi connectivity index (χ3v) is 5.25. The first-order chi connectivity index (χ1) is 11.7. The van der Waals surface area contributed by atoms with Gasteiger partial charge in [-0.15, -0.1) is 0 Å². The van der Waals surface area contributed by atoms with Gasteiger partial charge in [-0.2, -0.15) is 0 Å².